The molecule has 0 unspecified atom stereocenters. The van der Waals surface area contributed by atoms with Crippen LogP contribution < -0.4 is 0 Å². The van der Waals surface area contributed by atoms with Crippen molar-refractivity contribution in [3.63, 3.8) is 0 Å². The van der Waals surface area contributed by atoms with E-state index in [9.17, 15) is 31.1 Å². The van der Waals surface area contributed by atoms with Crippen LogP contribution >= 0.6 is 0 Å². The summed E-state index contributed by atoms with van der Waals surface area (Å²) in [7, 11) is 0. The Morgan fingerprint density at radius 2 is 1.39 bits per heavy atom. The van der Waals surface area contributed by atoms with E-state index in [2.05, 4.69) is 0 Å². The van der Waals surface area contributed by atoms with Crippen molar-refractivity contribution in [3.05, 3.63) is 40.5 Å². The molecule has 1 rings (SSSR count). The lowest BCUT2D eigenvalue weighted by atomic mass is 9.89. The van der Waals surface area contributed by atoms with E-state index in [1.54, 1.807) is 13.8 Å². The third kappa shape index (κ3) is 4.36. The molecule has 128 valence electrons. The quantitative estimate of drug-likeness (QED) is 0.507. The molecule has 0 fully saturated rings. The number of benzene rings is 1. The highest BCUT2D eigenvalue weighted by molar-refractivity contribution is 6.01. The van der Waals surface area contributed by atoms with Gasteiger partial charge in [-0.3, -0.25) is 4.79 Å². The number of halogens is 6. The fourth-order valence-corrected chi connectivity index (χ4v) is 2.52. The molecule has 0 spiro atoms. The third-order valence-electron chi connectivity index (χ3n) is 3.42. The highest BCUT2D eigenvalue weighted by Gasteiger charge is 2.43. The van der Waals surface area contributed by atoms with Crippen LogP contribution in [0.25, 0.3) is 5.57 Å². The Hall–Kier alpha value is -1.79. The fourth-order valence-electron chi connectivity index (χ4n) is 2.52. The number of hydrogen-bond acceptors (Lipinski definition) is 1. The number of carbonyl (C=O) groups is 1. The molecule has 0 N–H and O–H groups in total. The van der Waals surface area contributed by atoms with Crippen molar-refractivity contribution in [2.24, 2.45) is 5.92 Å². The van der Waals surface area contributed by atoms with E-state index in [4.69, 9.17) is 0 Å². The summed E-state index contributed by atoms with van der Waals surface area (Å²) in [4.78, 5) is 11.6. The first-order valence-electron chi connectivity index (χ1n) is 6.77. The minimum absolute atomic E-state index is 0.0516. The van der Waals surface area contributed by atoms with Crippen molar-refractivity contribution in [1.82, 2.24) is 0 Å². The summed E-state index contributed by atoms with van der Waals surface area (Å²) in [6, 6.07) is 1.81. The Bertz CT molecular complexity index is 635. The van der Waals surface area contributed by atoms with E-state index >= 15 is 0 Å². The van der Waals surface area contributed by atoms with Crippen LogP contribution in [0.3, 0.4) is 0 Å². The Kier molecular flexibility index (Phi) is 5.34. The van der Waals surface area contributed by atoms with Gasteiger partial charge in [-0.15, -0.1) is 0 Å². The van der Waals surface area contributed by atoms with Gasteiger partial charge >= 0.3 is 12.4 Å². The Morgan fingerprint density at radius 1 is 0.913 bits per heavy atom. The lowest BCUT2D eigenvalue weighted by Crippen LogP contribution is -2.17. The molecule has 1 nitrogen and oxygen atoms in total. The number of alkyl halides is 6. The van der Waals surface area contributed by atoms with Gasteiger partial charge in [0, 0.05) is 5.57 Å². The summed E-state index contributed by atoms with van der Waals surface area (Å²) in [6.45, 7) is 6.08. The normalized spacial score (nSPS) is 14.0. The summed E-state index contributed by atoms with van der Waals surface area (Å²) < 4.78 is 77.2. The molecule has 0 aliphatic rings. The molecule has 0 saturated heterocycles. The number of carbonyl (C=O) groups excluding carboxylic acids is 1. The Morgan fingerprint density at radius 3 is 1.74 bits per heavy atom. The number of allylic oxidation sites excluding steroid dienone is 2. The second-order valence-electron chi connectivity index (χ2n) is 5.51. The van der Waals surface area contributed by atoms with Gasteiger partial charge in [0.15, 0.2) is 5.78 Å². The van der Waals surface area contributed by atoms with Gasteiger partial charge in [0.05, 0.1) is 11.1 Å². The molecule has 0 radical (unpaired) electrons. The average molecular weight is 338 g/mol. The third-order valence-corrected chi connectivity index (χ3v) is 3.42. The van der Waals surface area contributed by atoms with E-state index in [-0.39, 0.29) is 28.4 Å². The van der Waals surface area contributed by atoms with Crippen molar-refractivity contribution in [1.29, 1.82) is 0 Å². The molecule has 0 amide bonds. The SMILES string of the molecule is CC(=O)C(=C(C)c1ccc(C(F)(F)F)c(C(F)(F)F)c1)C(C)C. The van der Waals surface area contributed by atoms with E-state index in [0.29, 0.717) is 12.1 Å². The highest BCUT2D eigenvalue weighted by Crippen LogP contribution is 2.41. The van der Waals surface area contributed by atoms with Crippen molar-refractivity contribution in [3.8, 4) is 0 Å². The van der Waals surface area contributed by atoms with E-state index in [1.807, 2.05) is 0 Å². The monoisotopic (exact) mass is 338 g/mol. The molecule has 0 aliphatic carbocycles. The van der Waals surface area contributed by atoms with Crippen LogP contribution in [0.1, 0.15) is 44.4 Å². The summed E-state index contributed by atoms with van der Waals surface area (Å²) in [6.07, 6.45) is -10.3. The van der Waals surface area contributed by atoms with Crippen LogP contribution in [0.5, 0.6) is 0 Å². The Labute approximate surface area is 130 Å². The molecule has 0 atom stereocenters. The van der Waals surface area contributed by atoms with Crippen molar-refractivity contribution < 1.29 is 31.1 Å². The molecule has 0 heterocycles. The van der Waals surface area contributed by atoms with Crippen LogP contribution in [0.4, 0.5) is 26.3 Å². The van der Waals surface area contributed by atoms with Gasteiger partial charge in [0.1, 0.15) is 0 Å². The molecular formula is C16H16F6O. The first-order chi connectivity index (χ1) is 10.3. The summed E-state index contributed by atoms with van der Waals surface area (Å²) >= 11 is 0. The molecule has 7 heteroatoms. The van der Waals surface area contributed by atoms with Crippen molar-refractivity contribution in [2.75, 3.05) is 0 Å². The van der Waals surface area contributed by atoms with Gasteiger partial charge < -0.3 is 0 Å². The molecule has 1 aromatic rings. The summed E-state index contributed by atoms with van der Waals surface area (Å²) in [5, 5.41) is 0. The van der Waals surface area contributed by atoms with E-state index in [1.165, 1.54) is 13.8 Å². The standard InChI is InChI=1S/C16H16F6O/c1-8(2)14(10(4)23)9(3)11-5-6-12(15(17,18)19)13(7-11)16(20,21)22/h5-8H,1-4H3. The first kappa shape index (κ1) is 19.3. The molecule has 0 aliphatic heterocycles. The van der Waals surface area contributed by atoms with Crippen LogP contribution in [0.2, 0.25) is 0 Å². The van der Waals surface area contributed by atoms with Crippen LogP contribution in [0.15, 0.2) is 23.8 Å². The van der Waals surface area contributed by atoms with E-state index < -0.39 is 23.5 Å². The minimum atomic E-state index is -5.14. The van der Waals surface area contributed by atoms with Crippen molar-refractivity contribution in [2.45, 2.75) is 40.0 Å². The maximum absolute atomic E-state index is 13.0. The maximum atomic E-state index is 13.0. The van der Waals surface area contributed by atoms with Gasteiger partial charge in [0.25, 0.3) is 0 Å². The molecule has 0 aromatic heterocycles. The summed E-state index contributed by atoms with van der Waals surface area (Å²) in [5.41, 5.74) is -3.02. The second-order valence-corrected chi connectivity index (χ2v) is 5.51. The average Bonchev–Trinajstić information content (AvgIpc) is 2.34. The molecule has 0 saturated carbocycles. The maximum Gasteiger partial charge on any atom is 0.417 e. The molecular weight excluding hydrogens is 322 g/mol. The predicted molar refractivity (Wildman–Crippen MR) is 74.6 cm³/mol. The number of rotatable bonds is 3. The predicted octanol–water partition coefficient (Wildman–Crippen LogP) is 5.74. The van der Waals surface area contributed by atoms with Gasteiger partial charge in [-0.25, -0.2) is 0 Å². The number of Topliss-reactive ketones (excluding diaryl/α,β-unsaturated/α-hetero) is 1. The molecule has 1 aromatic carbocycles. The van der Waals surface area contributed by atoms with Gasteiger partial charge in [0.2, 0.25) is 0 Å². The van der Waals surface area contributed by atoms with E-state index in [0.717, 1.165) is 6.07 Å². The zero-order valence-electron chi connectivity index (χ0n) is 13.0. The first-order valence-corrected chi connectivity index (χ1v) is 6.77. The number of hydrogen-bond donors (Lipinski definition) is 0. The molecule has 23 heavy (non-hydrogen) atoms. The molecule has 0 bridgehead atoms. The summed E-state index contributed by atoms with van der Waals surface area (Å²) in [5.74, 6) is -0.588. The lowest BCUT2D eigenvalue weighted by Gasteiger charge is -2.18. The largest absolute Gasteiger partial charge is 0.417 e. The van der Waals surface area contributed by atoms with Crippen molar-refractivity contribution >= 4 is 11.4 Å². The number of ketones is 1. The topological polar surface area (TPSA) is 17.1 Å². The second kappa shape index (κ2) is 6.37. The fraction of sp³-hybridized carbons (Fsp3) is 0.438. The van der Waals surface area contributed by atoms with Gasteiger partial charge in [-0.05, 0) is 43.0 Å². The van der Waals surface area contributed by atoms with Crippen LogP contribution in [-0.2, 0) is 17.1 Å². The zero-order valence-corrected chi connectivity index (χ0v) is 13.0. The lowest BCUT2D eigenvalue weighted by molar-refractivity contribution is -0.162. The van der Waals surface area contributed by atoms with Crippen LogP contribution in [0, 0.1) is 5.92 Å². The van der Waals surface area contributed by atoms with Gasteiger partial charge in [-0.2, -0.15) is 26.3 Å². The smallest absolute Gasteiger partial charge is 0.295 e. The van der Waals surface area contributed by atoms with Crippen LogP contribution in [-0.4, -0.2) is 5.78 Å². The highest BCUT2D eigenvalue weighted by atomic mass is 19.4. The van der Waals surface area contributed by atoms with Gasteiger partial charge in [-0.1, -0.05) is 19.9 Å². The minimum Gasteiger partial charge on any atom is -0.295 e. The Balaban J connectivity index is 3.65. The zero-order chi connectivity index (χ0) is 18.2.